The van der Waals surface area contributed by atoms with Gasteiger partial charge in [0.2, 0.25) is 5.28 Å². The van der Waals surface area contributed by atoms with E-state index in [1.165, 1.54) is 12.8 Å². The molecule has 2 unspecified atom stereocenters. The highest BCUT2D eigenvalue weighted by Crippen LogP contribution is 2.39. The van der Waals surface area contributed by atoms with E-state index in [1.54, 1.807) is 6.20 Å². The Balaban J connectivity index is 1.65. The van der Waals surface area contributed by atoms with E-state index >= 15 is 0 Å². The molecule has 4 rings (SSSR count). The van der Waals surface area contributed by atoms with Crippen LogP contribution in [0, 0.1) is 5.92 Å². The van der Waals surface area contributed by atoms with Crippen LogP contribution in [-0.2, 0) is 4.74 Å². The van der Waals surface area contributed by atoms with Crippen molar-refractivity contribution in [2.24, 2.45) is 5.92 Å². The molecule has 1 aliphatic heterocycles. The number of halogens is 1. The van der Waals surface area contributed by atoms with Crippen LogP contribution in [0.5, 0.6) is 0 Å². The van der Waals surface area contributed by atoms with Crippen molar-refractivity contribution in [2.45, 2.75) is 31.4 Å². The van der Waals surface area contributed by atoms with Gasteiger partial charge >= 0.3 is 0 Å². The fraction of sp³-hybridized carbons (Fsp3) is 0.583. The number of nitrogens with one attached hydrogen (secondary N) is 2. The average molecular weight is 280 g/mol. The first-order chi connectivity index (χ1) is 9.31. The molecule has 2 aromatic heterocycles. The number of H-pyrrole nitrogens is 1. The summed E-state index contributed by atoms with van der Waals surface area (Å²) in [5.74, 6) is 1.45. The maximum Gasteiger partial charge on any atom is 0.226 e. The molecule has 3 heterocycles. The van der Waals surface area contributed by atoms with Gasteiger partial charge in [-0.15, -0.1) is 0 Å². The Bertz CT molecular complexity index is 611. The maximum absolute atomic E-state index is 5.94. The second-order valence-electron chi connectivity index (χ2n) is 5.19. The van der Waals surface area contributed by atoms with Crippen LogP contribution in [0.3, 0.4) is 0 Å². The van der Waals surface area contributed by atoms with Crippen molar-refractivity contribution < 1.29 is 4.74 Å². The molecular formula is C12H14ClN5O. The van der Waals surface area contributed by atoms with Gasteiger partial charge < -0.3 is 10.1 Å². The Kier molecular flexibility index (Phi) is 2.60. The fourth-order valence-electron chi connectivity index (χ4n) is 2.75. The number of rotatable bonds is 3. The molecule has 0 spiro atoms. The van der Waals surface area contributed by atoms with E-state index in [-0.39, 0.29) is 5.28 Å². The molecule has 1 saturated carbocycles. The number of fused-ring (bicyclic) bond motifs is 1. The first-order valence-electron chi connectivity index (χ1n) is 6.56. The van der Waals surface area contributed by atoms with Crippen LogP contribution in [0.1, 0.15) is 19.3 Å². The normalized spacial score (nSPS) is 27.0. The zero-order valence-corrected chi connectivity index (χ0v) is 11.0. The van der Waals surface area contributed by atoms with Gasteiger partial charge in [0.1, 0.15) is 5.82 Å². The van der Waals surface area contributed by atoms with Gasteiger partial charge in [-0.3, -0.25) is 5.10 Å². The summed E-state index contributed by atoms with van der Waals surface area (Å²) in [4.78, 5) is 8.38. The molecule has 2 aromatic rings. The van der Waals surface area contributed by atoms with E-state index in [1.807, 2.05) is 0 Å². The summed E-state index contributed by atoms with van der Waals surface area (Å²) in [5.41, 5.74) is 0.657. The fourth-order valence-corrected chi connectivity index (χ4v) is 2.92. The van der Waals surface area contributed by atoms with E-state index in [0.29, 0.717) is 23.7 Å². The van der Waals surface area contributed by atoms with Gasteiger partial charge in [0.05, 0.1) is 23.7 Å². The quantitative estimate of drug-likeness (QED) is 0.841. The van der Waals surface area contributed by atoms with Crippen molar-refractivity contribution in [3.05, 3.63) is 11.5 Å². The van der Waals surface area contributed by atoms with Crippen LogP contribution in [0.4, 0.5) is 5.82 Å². The summed E-state index contributed by atoms with van der Waals surface area (Å²) < 4.78 is 5.82. The first-order valence-corrected chi connectivity index (χ1v) is 6.94. The Morgan fingerprint density at radius 3 is 3.05 bits per heavy atom. The lowest BCUT2D eigenvalue weighted by Crippen LogP contribution is -2.31. The summed E-state index contributed by atoms with van der Waals surface area (Å²) in [6, 6.07) is 0.302. The molecule has 0 bridgehead atoms. The van der Waals surface area contributed by atoms with E-state index in [2.05, 4.69) is 25.5 Å². The Morgan fingerprint density at radius 2 is 2.21 bits per heavy atom. The van der Waals surface area contributed by atoms with Crippen LogP contribution in [0.25, 0.3) is 11.0 Å². The van der Waals surface area contributed by atoms with Gasteiger partial charge in [0, 0.05) is 6.61 Å². The molecule has 0 amide bonds. The summed E-state index contributed by atoms with van der Waals surface area (Å²) >= 11 is 5.94. The molecule has 2 fully saturated rings. The van der Waals surface area contributed by atoms with Gasteiger partial charge in [-0.05, 0) is 36.8 Å². The predicted molar refractivity (Wildman–Crippen MR) is 71.2 cm³/mol. The third-order valence-electron chi connectivity index (χ3n) is 3.83. The number of aromatic nitrogens is 4. The van der Waals surface area contributed by atoms with Gasteiger partial charge in [0.25, 0.3) is 0 Å². The molecule has 2 N–H and O–H groups in total. The van der Waals surface area contributed by atoms with Crippen molar-refractivity contribution >= 4 is 28.5 Å². The smallest absolute Gasteiger partial charge is 0.226 e. The highest BCUT2D eigenvalue weighted by Gasteiger charge is 2.40. The first kappa shape index (κ1) is 11.4. The SMILES string of the molecule is Clc1nc(NC2CCOC2C2CC2)c2cn[nH]c2n1. The lowest BCUT2D eigenvalue weighted by molar-refractivity contribution is 0.0898. The highest BCUT2D eigenvalue weighted by atomic mass is 35.5. The van der Waals surface area contributed by atoms with Crippen molar-refractivity contribution in [2.75, 3.05) is 11.9 Å². The zero-order chi connectivity index (χ0) is 12.8. The highest BCUT2D eigenvalue weighted by molar-refractivity contribution is 6.28. The van der Waals surface area contributed by atoms with Crippen LogP contribution in [0.2, 0.25) is 5.28 Å². The molecule has 1 aliphatic carbocycles. The average Bonchev–Trinajstić information content (AvgIpc) is 2.94. The molecule has 7 heteroatoms. The second-order valence-corrected chi connectivity index (χ2v) is 5.52. The molecular weight excluding hydrogens is 266 g/mol. The molecule has 0 aromatic carbocycles. The number of anilines is 1. The molecule has 6 nitrogen and oxygen atoms in total. The van der Waals surface area contributed by atoms with Gasteiger partial charge in [0.15, 0.2) is 5.65 Å². The monoisotopic (exact) mass is 279 g/mol. The maximum atomic E-state index is 5.94. The summed E-state index contributed by atoms with van der Waals surface area (Å²) in [5, 5.41) is 11.4. The van der Waals surface area contributed by atoms with Crippen LogP contribution in [0.15, 0.2) is 6.20 Å². The Labute approximate surface area is 114 Å². The van der Waals surface area contributed by atoms with Crippen molar-refractivity contribution in [3.63, 3.8) is 0 Å². The molecule has 100 valence electrons. The number of nitrogens with zero attached hydrogens (tertiary/aromatic N) is 3. The summed E-state index contributed by atoms with van der Waals surface area (Å²) in [6.07, 6.45) is 5.57. The standard InChI is InChI=1S/C12H14ClN5O/c13-12-16-10(7-5-14-18-11(7)17-12)15-8-3-4-19-9(8)6-1-2-6/h5-6,8-9H,1-4H2,(H2,14,15,16,17,18). The zero-order valence-electron chi connectivity index (χ0n) is 10.3. The van der Waals surface area contributed by atoms with E-state index in [0.717, 1.165) is 24.2 Å². The molecule has 19 heavy (non-hydrogen) atoms. The van der Waals surface area contributed by atoms with Crippen LogP contribution < -0.4 is 5.32 Å². The largest absolute Gasteiger partial charge is 0.376 e. The number of ether oxygens (including phenoxy) is 1. The summed E-state index contributed by atoms with van der Waals surface area (Å²) in [7, 11) is 0. The molecule has 0 radical (unpaired) electrons. The van der Waals surface area contributed by atoms with E-state index in [4.69, 9.17) is 16.3 Å². The van der Waals surface area contributed by atoms with Crippen molar-refractivity contribution in [1.29, 1.82) is 0 Å². The molecule has 1 saturated heterocycles. The minimum Gasteiger partial charge on any atom is -0.376 e. The number of hydrogen-bond acceptors (Lipinski definition) is 5. The minimum absolute atomic E-state index is 0.223. The predicted octanol–water partition coefficient (Wildman–Crippen LogP) is 1.99. The van der Waals surface area contributed by atoms with Gasteiger partial charge in [-0.1, -0.05) is 0 Å². The molecule has 2 atom stereocenters. The lowest BCUT2D eigenvalue weighted by Gasteiger charge is -2.20. The van der Waals surface area contributed by atoms with Crippen molar-refractivity contribution in [3.8, 4) is 0 Å². The van der Waals surface area contributed by atoms with E-state index < -0.39 is 0 Å². The lowest BCUT2D eigenvalue weighted by atomic mass is 10.1. The third-order valence-corrected chi connectivity index (χ3v) is 4.00. The van der Waals surface area contributed by atoms with Crippen molar-refractivity contribution in [1.82, 2.24) is 20.2 Å². The minimum atomic E-state index is 0.223. The van der Waals surface area contributed by atoms with E-state index in [9.17, 15) is 0 Å². The molecule has 2 aliphatic rings. The Hall–Kier alpha value is -1.40. The van der Waals surface area contributed by atoms with Gasteiger partial charge in [-0.25, -0.2) is 0 Å². The number of aromatic amines is 1. The third kappa shape index (κ3) is 2.04. The summed E-state index contributed by atoms with van der Waals surface area (Å²) in [6.45, 7) is 0.812. The Morgan fingerprint density at radius 1 is 1.32 bits per heavy atom. The van der Waals surface area contributed by atoms with Crippen LogP contribution in [-0.4, -0.2) is 38.9 Å². The topological polar surface area (TPSA) is 75.7 Å². The number of hydrogen-bond donors (Lipinski definition) is 2. The second kappa shape index (κ2) is 4.31. The van der Waals surface area contributed by atoms with Gasteiger partial charge in [-0.2, -0.15) is 15.1 Å². The van der Waals surface area contributed by atoms with Crippen LogP contribution >= 0.6 is 11.6 Å².